The number of hydrogen-bond donors (Lipinski definition) is 1. The Kier molecular flexibility index (Phi) is 6.89. The van der Waals surface area contributed by atoms with E-state index in [-0.39, 0.29) is 11.9 Å². The molecule has 0 spiro atoms. The van der Waals surface area contributed by atoms with Gasteiger partial charge in [-0.05, 0) is 50.2 Å². The zero-order valence-electron chi connectivity index (χ0n) is 14.6. The molecule has 6 heteroatoms. The average molecular weight is 358 g/mol. The summed E-state index contributed by atoms with van der Waals surface area (Å²) in [6, 6.07) is 17.0. The van der Waals surface area contributed by atoms with Gasteiger partial charge in [-0.15, -0.1) is 11.8 Å². The van der Waals surface area contributed by atoms with E-state index >= 15 is 0 Å². The number of carbonyl (C=O) groups excluding carboxylic acids is 2. The number of anilines is 2. The highest BCUT2D eigenvalue weighted by Gasteiger charge is 2.18. The van der Waals surface area contributed by atoms with Gasteiger partial charge >= 0.3 is 6.09 Å². The fourth-order valence-electron chi connectivity index (χ4n) is 2.34. The smallest absolute Gasteiger partial charge is 0.411 e. The zero-order valence-corrected chi connectivity index (χ0v) is 15.4. The molecule has 0 bridgehead atoms. The summed E-state index contributed by atoms with van der Waals surface area (Å²) < 4.78 is 4.55. The fourth-order valence-corrected chi connectivity index (χ4v) is 3.09. The van der Waals surface area contributed by atoms with Gasteiger partial charge < -0.3 is 9.64 Å². The van der Waals surface area contributed by atoms with Crippen molar-refractivity contribution < 1.29 is 14.3 Å². The Labute approximate surface area is 152 Å². The highest BCUT2D eigenvalue weighted by molar-refractivity contribution is 8.00. The standard InChI is InChI=1S/C19H22N2O3S/c1-14(2)21(16-7-5-4-6-8-16)18(22)13-25-17-11-9-15(10-12-17)20-19(23)24-3/h4-12,14H,13H2,1-3H3,(H,20,23). The van der Waals surface area contributed by atoms with Crippen molar-refractivity contribution in [2.75, 3.05) is 23.1 Å². The molecule has 0 unspecified atom stereocenters. The molecule has 0 aliphatic rings. The van der Waals surface area contributed by atoms with E-state index < -0.39 is 6.09 Å². The molecule has 0 saturated carbocycles. The van der Waals surface area contributed by atoms with Gasteiger partial charge in [0.1, 0.15) is 0 Å². The first kappa shape index (κ1) is 18.9. The summed E-state index contributed by atoms with van der Waals surface area (Å²) in [6.07, 6.45) is -0.508. The van der Waals surface area contributed by atoms with Crippen LogP contribution in [-0.4, -0.2) is 30.9 Å². The van der Waals surface area contributed by atoms with E-state index in [0.717, 1.165) is 10.6 Å². The van der Waals surface area contributed by atoms with E-state index in [9.17, 15) is 9.59 Å². The topological polar surface area (TPSA) is 58.6 Å². The second-order valence-electron chi connectivity index (χ2n) is 5.62. The Morgan fingerprint density at radius 2 is 1.72 bits per heavy atom. The van der Waals surface area contributed by atoms with Crippen LogP contribution in [0.2, 0.25) is 0 Å². The molecule has 5 nitrogen and oxygen atoms in total. The molecule has 0 saturated heterocycles. The lowest BCUT2D eigenvalue weighted by atomic mass is 10.2. The maximum Gasteiger partial charge on any atom is 0.411 e. The lowest BCUT2D eigenvalue weighted by Crippen LogP contribution is -2.38. The van der Waals surface area contributed by atoms with E-state index in [4.69, 9.17) is 0 Å². The summed E-state index contributed by atoms with van der Waals surface area (Å²) in [6.45, 7) is 4.01. The number of nitrogens with one attached hydrogen (secondary N) is 1. The van der Waals surface area contributed by atoms with Crippen molar-refractivity contribution in [2.24, 2.45) is 0 Å². The lowest BCUT2D eigenvalue weighted by molar-refractivity contribution is -0.116. The fraction of sp³-hybridized carbons (Fsp3) is 0.263. The van der Waals surface area contributed by atoms with Gasteiger partial charge in [0, 0.05) is 22.3 Å². The van der Waals surface area contributed by atoms with Crippen LogP contribution in [0.15, 0.2) is 59.5 Å². The van der Waals surface area contributed by atoms with E-state index in [2.05, 4.69) is 10.1 Å². The van der Waals surface area contributed by atoms with Crippen molar-refractivity contribution in [1.82, 2.24) is 0 Å². The van der Waals surface area contributed by atoms with Crippen molar-refractivity contribution in [3.63, 3.8) is 0 Å². The summed E-state index contributed by atoms with van der Waals surface area (Å²) >= 11 is 1.47. The number of carbonyl (C=O) groups is 2. The van der Waals surface area contributed by atoms with Crippen molar-refractivity contribution in [3.8, 4) is 0 Å². The number of thioether (sulfide) groups is 1. The number of methoxy groups -OCH3 is 1. The molecule has 132 valence electrons. The van der Waals surface area contributed by atoms with Crippen molar-refractivity contribution in [3.05, 3.63) is 54.6 Å². The minimum absolute atomic E-state index is 0.0583. The van der Waals surface area contributed by atoms with E-state index in [1.54, 1.807) is 17.0 Å². The van der Waals surface area contributed by atoms with Crippen LogP contribution >= 0.6 is 11.8 Å². The normalized spacial score (nSPS) is 10.4. The molecular weight excluding hydrogens is 336 g/mol. The third-order valence-corrected chi connectivity index (χ3v) is 4.46. The predicted octanol–water partition coefficient (Wildman–Crippen LogP) is 4.40. The Hall–Kier alpha value is -2.47. The Morgan fingerprint density at radius 3 is 2.28 bits per heavy atom. The van der Waals surface area contributed by atoms with Gasteiger partial charge in [0.2, 0.25) is 5.91 Å². The van der Waals surface area contributed by atoms with Crippen molar-refractivity contribution in [2.45, 2.75) is 24.8 Å². The molecule has 0 aliphatic carbocycles. The molecular formula is C19H22N2O3S. The average Bonchev–Trinajstić information content (AvgIpc) is 2.61. The SMILES string of the molecule is COC(=O)Nc1ccc(SCC(=O)N(c2ccccc2)C(C)C)cc1. The van der Waals surface area contributed by atoms with Crippen LogP contribution in [0.25, 0.3) is 0 Å². The van der Waals surface area contributed by atoms with Crippen LogP contribution in [0.4, 0.5) is 16.2 Å². The molecule has 1 N–H and O–H groups in total. The summed E-state index contributed by atoms with van der Waals surface area (Å²) in [5.41, 5.74) is 1.55. The summed E-state index contributed by atoms with van der Waals surface area (Å²) in [4.78, 5) is 26.6. The van der Waals surface area contributed by atoms with Gasteiger partial charge in [-0.3, -0.25) is 10.1 Å². The Balaban J connectivity index is 1.97. The van der Waals surface area contributed by atoms with Crippen LogP contribution in [0.1, 0.15) is 13.8 Å². The number of nitrogens with zero attached hydrogens (tertiary/aromatic N) is 1. The van der Waals surface area contributed by atoms with Gasteiger partial charge in [0.15, 0.2) is 0 Å². The first-order chi connectivity index (χ1) is 12.0. The largest absolute Gasteiger partial charge is 0.453 e. The molecule has 2 aromatic carbocycles. The van der Waals surface area contributed by atoms with E-state index in [1.165, 1.54) is 18.9 Å². The van der Waals surface area contributed by atoms with Crippen LogP contribution in [0.3, 0.4) is 0 Å². The number of hydrogen-bond acceptors (Lipinski definition) is 4. The van der Waals surface area contributed by atoms with Crippen molar-refractivity contribution in [1.29, 1.82) is 0 Å². The third kappa shape index (κ3) is 5.53. The lowest BCUT2D eigenvalue weighted by Gasteiger charge is -2.26. The van der Waals surface area contributed by atoms with Gasteiger partial charge in [0.25, 0.3) is 0 Å². The number of amides is 2. The summed E-state index contributed by atoms with van der Waals surface area (Å²) in [5.74, 6) is 0.402. The monoisotopic (exact) mass is 358 g/mol. The molecule has 0 fully saturated rings. The Bertz CT molecular complexity index is 702. The van der Waals surface area contributed by atoms with Crippen LogP contribution in [-0.2, 0) is 9.53 Å². The molecule has 0 atom stereocenters. The molecule has 0 aromatic heterocycles. The number of rotatable bonds is 6. The van der Waals surface area contributed by atoms with Gasteiger partial charge in [-0.1, -0.05) is 18.2 Å². The molecule has 0 aliphatic heterocycles. The van der Waals surface area contributed by atoms with Gasteiger partial charge in [-0.2, -0.15) is 0 Å². The maximum absolute atomic E-state index is 12.6. The third-order valence-electron chi connectivity index (χ3n) is 3.47. The van der Waals surface area contributed by atoms with E-state index in [1.807, 2.05) is 56.3 Å². The Morgan fingerprint density at radius 1 is 1.08 bits per heavy atom. The minimum atomic E-state index is -0.508. The number of para-hydroxylation sites is 1. The van der Waals surface area contributed by atoms with Gasteiger partial charge in [0.05, 0.1) is 12.9 Å². The molecule has 2 rings (SSSR count). The summed E-state index contributed by atoms with van der Waals surface area (Å²) in [5, 5.41) is 2.59. The first-order valence-corrected chi connectivity index (χ1v) is 8.94. The van der Waals surface area contributed by atoms with E-state index in [0.29, 0.717) is 11.4 Å². The number of benzene rings is 2. The number of ether oxygens (including phenoxy) is 1. The molecule has 0 radical (unpaired) electrons. The van der Waals surface area contributed by atoms with Crippen LogP contribution < -0.4 is 10.2 Å². The van der Waals surface area contributed by atoms with Crippen LogP contribution in [0, 0.1) is 0 Å². The van der Waals surface area contributed by atoms with Crippen molar-refractivity contribution >= 4 is 35.1 Å². The zero-order chi connectivity index (χ0) is 18.2. The highest BCUT2D eigenvalue weighted by Crippen LogP contribution is 2.23. The molecule has 25 heavy (non-hydrogen) atoms. The quantitative estimate of drug-likeness (QED) is 0.778. The molecule has 2 amide bonds. The summed E-state index contributed by atoms with van der Waals surface area (Å²) in [7, 11) is 1.32. The first-order valence-electron chi connectivity index (χ1n) is 7.96. The molecule has 2 aromatic rings. The minimum Gasteiger partial charge on any atom is -0.453 e. The highest BCUT2D eigenvalue weighted by atomic mass is 32.2. The van der Waals surface area contributed by atoms with Crippen LogP contribution in [0.5, 0.6) is 0 Å². The second kappa shape index (κ2) is 9.13. The predicted molar refractivity (Wildman–Crippen MR) is 102 cm³/mol. The van der Waals surface area contributed by atoms with Gasteiger partial charge in [-0.25, -0.2) is 4.79 Å². The molecule has 0 heterocycles. The second-order valence-corrected chi connectivity index (χ2v) is 6.67. The maximum atomic E-state index is 12.6.